The maximum atomic E-state index is 13.4. The van der Waals surface area contributed by atoms with Crippen molar-refractivity contribution in [3.8, 4) is 0 Å². The molecule has 34 heavy (non-hydrogen) atoms. The molecule has 3 aromatic rings. The Morgan fingerprint density at radius 3 is 2.56 bits per heavy atom. The Kier molecular flexibility index (Phi) is 5.87. The predicted molar refractivity (Wildman–Crippen MR) is 127 cm³/mol. The molecular weight excluding hydrogens is 465 g/mol. The summed E-state index contributed by atoms with van der Waals surface area (Å²) in [5, 5.41) is 3.13. The molecule has 0 saturated carbocycles. The van der Waals surface area contributed by atoms with Gasteiger partial charge in [0.2, 0.25) is 0 Å². The van der Waals surface area contributed by atoms with Gasteiger partial charge in [-0.15, -0.1) is 11.3 Å². The number of halogens is 3. The zero-order valence-electron chi connectivity index (χ0n) is 18.8. The maximum absolute atomic E-state index is 13.4. The van der Waals surface area contributed by atoms with Gasteiger partial charge in [0.05, 0.1) is 27.2 Å². The summed E-state index contributed by atoms with van der Waals surface area (Å²) in [7, 11) is 0. The van der Waals surface area contributed by atoms with Gasteiger partial charge in [0, 0.05) is 26.1 Å². The van der Waals surface area contributed by atoms with Gasteiger partial charge in [0.1, 0.15) is 10.7 Å². The number of carbonyl (C=O) groups is 1. The number of hydrogen-bond acceptors (Lipinski definition) is 5. The topological polar surface area (TPSA) is 67.2 Å². The fraction of sp³-hybridized carbons (Fsp3) is 0.458. The first kappa shape index (κ1) is 22.9. The summed E-state index contributed by atoms with van der Waals surface area (Å²) in [6.07, 6.45) is 1.00. The Bertz CT molecular complexity index is 1320. The third-order valence-electron chi connectivity index (χ3n) is 6.64. The van der Waals surface area contributed by atoms with E-state index < -0.39 is 17.6 Å². The summed E-state index contributed by atoms with van der Waals surface area (Å²) in [6.45, 7) is 3.76. The number of benzene rings is 1. The van der Waals surface area contributed by atoms with Crippen LogP contribution in [-0.4, -0.2) is 28.5 Å². The highest BCUT2D eigenvalue weighted by Crippen LogP contribution is 2.37. The Balaban J connectivity index is 1.54. The van der Waals surface area contributed by atoms with Gasteiger partial charge in [-0.3, -0.25) is 14.2 Å². The monoisotopic (exact) mass is 490 g/mol. The second kappa shape index (κ2) is 8.72. The van der Waals surface area contributed by atoms with Crippen LogP contribution in [0.4, 0.5) is 24.5 Å². The number of rotatable bonds is 3. The highest BCUT2D eigenvalue weighted by Gasteiger charge is 2.32. The van der Waals surface area contributed by atoms with Crippen molar-refractivity contribution in [2.45, 2.75) is 58.2 Å². The van der Waals surface area contributed by atoms with Gasteiger partial charge in [-0.05, 0) is 56.4 Å². The molecule has 0 aliphatic carbocycles. The van der Waals surface area contributed by atoms with Crippen molar-refractivity contribution in [1.82, 2.24) is 9.55 Å². The van der Waals surface area contributed by atoms with E-state index >= 15 is 0 Å². The minimum atomic E-state index is -4.52. The molecule has 1 saturated heterocycles. The lowest BCUT2D eigenvalue weighted by Crippen LogP contribution is -2.24. The van der Waals surface area contributed by atoms with Gasteiger partial charge >= 0.3 is 6.18 Å². The van der Waals surface area contributed by atoms with Crippen molar-refractivity contribution in [1.29, 1.82) is 0 Å². The Labute approximate surface area is 198 Å². The van der Waals surface area contributed by atoms with Gasteiger partial charge < -0.3 is 10.2 Å². The molecule has 5 rings (SSSR count). The van der Waals surface area contributed by atoms with E-state index in [1.54, 1.807) is 11.5 Å². The van der Waals surface area contributed by atoms with Crippen molar-refractivity contribution in [2.75, 3.05) is 23.3 Å². The largest absolute Gasteiger partial charge is 0.416 e. The SMILES string of the molecule is Cc1c(C(=O)Nc2cc(C(F)(F)F)ccc2N2CCCC2)sc2nc3n(c(=O)c12)CCCCC3. The molecule has 0 atom stereocenters. The number of nitrogens with one attached hydrogen (secondary N) is 1. The summed E-state index contributed by atoms with van der Waals surface area (Å²) < 4.78 is 41.9. The van der Waals surface area contributed by atoms with Crippen molar-refractivity contribution >= 4 is 38.8 Å². The molecule has 0 spiro atoms. The minimum absolute atomic E-state index is 0.124. The Morgan fingerprint density at radius 1 is 1.09 bits per heavy atom. The van der Waals surface area contributed by atoms with Gasteiger partial charge in [-0.1, -0.05) is 6.42 Å². The fourth-order valence-corrected chi connectivity index (χ4v) is 5.94. The summed E-state index contributed by atoms with van der Waals surface area (Å²) in [5.41, 5.74) is 0.250. The zero-order valence-corrected chi connectivity index (χ0v) is 19.6. The van der Waals surface area contributed by atoms with Crippen LogP contribution >= 0.6 is 11.3 Å². The quantitative estimate of drug-likeness (QED) is 0.537. The number of anilines is 2. The zero-order chi connectivity index (χ0) is 24.0. The molecular formula is C24H25F3N4O2S. The van der Waals surface area contributed by atoms with Crippen molar-refractivity contribution in [3.63, 3.8) is 0 Å². The molecule has 2 aliphatic heterocycles. The van der Waals surface area contributed by atoms with Crippen LogP contribution in [0.25, 0.3) is 10.2 Å². The number of amides is 1. The number of alkyl halides is 3. The second-order valence-electron chi connectivity index (χ2n) is 8.91. The van der Waals surface area contributed by atoms with Crippen molar-refractivity contribution < 1.29 is 18.0 Å². The molecule has 0 radical (unpaired) electrons. The molecule has 180 valence electrons. The first-order valence-electron chi connectivity index (χ1n) is 11.5. The summed E-state index contributed by atoms with van der Waals surface area (Å²) in [4.78, 5) is 33.9. The molecule has 0 unspecified atom stereocenters. The molecule has 0 bridgehead atoms. The average Bonchev–Trinajstić information content (AvgIpc) is 3.36. The van der Waals surface area contributed by atoms with E-state index in [1.165, 1.54) is 6.07 Å². The van der Waals surface area contributed by atoms with Crippen LogP contribution in [-0.2, 0) is 19.1 Å². The van der Waals surface area contributed by atoms with E-state index in [1.807, 2.05) is 4.90 Å². The number of aromatic nitrogens is 2. The van der Waals surface area contributed by atoms with Crippen LogP contribution in [0.15, 0.2) is 23.0 Å². The van der Waals surface area contributed by atoms with Crippen molar-refractivity contribution in [3.05, 3.63) is 50.4 Å². The third-order valence-corrected chi connectivity index (χ3v) is 7.82. The van der Waals surface area contributed by atoms with Crippen LogP contribution in [0.3, 0.4) is 0 Å². The van der Waals surface area contributed by atoms with Crippen LogP contribution < -0.4 is 15.8 Å². The number of fused-ring (bicyclic) bond motifs is 2. The van der Waals surface area contributed by atoms with E-state index in [9.17, 15) is 22.8 Å². The molecule has 2 aromatic heterocycles. The maximum Gasteiger partial charge on any atom is 0.416 e. The number of nitrogens with zero attached hydrogens (tertiary/aromatic N) is 3. The first-order chi connectivity index (χ1) is 16.2. The summed E-state index contributed by atoms with van der Waals surface area (Å²) in [6, 6.07) is 3.46. The smallest absolute Gasteiger partial charge is 0.370 e. The average molecular weight is 491 g/mol. The van der Waals surface area contributed by atoms with Crippen LogP contribution in [0.2, 0.25) is 0 Å². The normalized spacial score (nSPS) is 16.5. The predicted octanol–water partition coefficient (Wildman–Crippen LogP) is 5.36. The van der Waals surface area contributed by atoms with Gasteiger partial charge in [0.15, 0.2) is 0 Å². The first-order valence-corrected chi connectivity index (χ1v) is 12.4. The van der Waals surface area contributed by atoms with E-state index in [0.717, 1.165) is 74.5 Å². The van der Waals surface area contributed by atoms with Gasteiger partial charge in [-0.25, -0.2) is 4.98 Å². The molecule has 1 aromatic carbocycles. The van der Waals surface area contributed by atoms with Crippen LogP contribution in [0.1, 0.15) is 58.7 Å². The summed E-state index contributed by atoms with van der Waals surface area (Å²) >= 11 is 1.12. The summed E-state index contributed by atoms with van der Waals surface area (Å²) in [5.74, 6) is 0.206. The minimum Gasteiger partial charge on any atom is -0.370 e. The standard InChI is InChI=1S/C24H25F3N4O2S/c1-14-19-22(29-18-7-3-2-4-12-31(18)23(19)33)34-20(14)21(32)28-16-13-15(24(25,26)27)8-9-17(16)30-10-5-6-11-30/h8-9,13H,2-7,10-12H2,1H3,(H,28,32). The van der Waals surface area contributed by atoms with Crippen LogP contribution in [0.5, 0.6) is 0 Å². The number of hydrogen-bond donors (Lipinski definition) is 1. The molecule has 6 nitrogen and oxygen atoms in total. The molecule has 1 N–H and O–H groups in total. The number of aryl methyl sites for hydroxylation is 2. The highest BCUT2D eigenvalue weighted by molar-refractivity contribution is 7.20. The molecule has 1 fully saturated rings. The highest BCUT2D eigenvalue weighted by atomic mass is 32.1. The van der Waals surface area contributed by atoms with Crippen molar-refractivity contribution in [2.24, 2.45) is 0 Å². The van der Waals surface area contributed by atoms with E-state index in [4.69, 9.17) is 0 Å². The molecule has 4 heterocycles. The third kappa shape index (κ3) is 4.08. The van der Waals surface area contributed by atoms with Gasteiger partial charge in [0.25, 0.3) is 11.5 Å². The van der Waals surface area contributed by atoms with E-state index in [-0.39, 0.29) is 11.2 Å². The van der Waals surface area contributed by atoms with E-state index in [0.29, 0.717) is 39.3 Å². The lowest BCUT2D eigenvalue weighted by atomic mass is 10.1. The Morgan fingerprint density at radius 2 is 1.82 bits per heavy atom. The van der Waals surface area contributed by atoms with Gasteiger partial charge in [-0.2, -0.15) is 13.2 Å². The second-order valence-corrected chi connectivity index (χ2v) is 9.91. The Hall–Kier alpha value is -2.88. The molecule has 1 amide bonds. The number of carbonyl (C=O) groups excluding carboxylic acids is 1. The lowest BCUT2D eigenvalue weighted by molar-refractivity contribution is -0.137. The fourth-order valence-electron chi connectivity index (χ4n) is 4.85. The molecule has 10 heteroatoms. The number of thiophene rings is 1. The molecule has 2 aliphatic rings. The van der Waals surface area contributed by atoms with Crippen LogP contribution in [0, 0.1) is 6.92 Å². The van der Waals surface area contributed by atoms with E-state index in [2.05, 4.69) is 10.3 Å². The lowest BCUT2D eigenvalue weighted by Gasteiger charge is -2.23.